The van der Waals surface area contributed by atoms with E-state index in [0.717, 1.165) is 27.6 Å². The number of carboxylic acid groups (broad SMARTS) is 1. The van der Waals surface area contributed by atoms with Crippen molar-refractivity contribution >= 4 is 17.3 Å². The van der Waals surface area contributed by atoms with Crippen LogP contribution >= 0.6 is 11.3 Å². The third kappa shape index (κ3) is 3.72. The maximum atomic E-state index is 11.1. The molecule has 0 atom stereocenters. The summed E-state index contributed by atoms with van der Waals surface area (Å²) in [5.74, 6) is -0.968. The van der Waals surface area contributed by atoms with Crippen LogP contribution in [0.25, 0.3) is 10.6 Å². The lowest BCUT2D eigenvalue weighted by Crippen LogP contribution is -2.34. The van der Waals surface area contributed by atoms with E-state index in [1.165, 1.54) is 5.56 Å². The van der Waals surface area contributed by atoms with Crippen molar-refractivity contribution in [2.45, 2.75) is 46.3 Å². The second kappa shape index (κ2) is 6.58. The summed E-state index contributed by atoms with van der Waals surface area (Å²) < 4.78 is 5.51. The number of thiazole rings is 1. The first kappa shape index (κ1) is 16.6. The lowest BCUT2D eigenvalue weighted by Gasteiger charge is -2.19. The average molecular weight is 319 g/mol. The Labute approximate surface area is 134 Å². The van der Waals surface area contributed by atoms with Crippen molar-refractivity contribution in [2.75, 3.05) is 0 Å². The summed E-state index contributed by atoms with van der Waals surface area (Å²) >= 11 is 1.55. The molecule has 0 radical (unpaired) electrons. The fourth-order valence-electron chi connectivity index (χ4n) is 1.88. The first-order valence-corrected chi connectivity index (χ1v) is 8.08. The van der Waals surface area contributed by atoms with Gasteiger partial charge in [-0.05, 0) is 32.8 Å². The van der Waals surface area contributed by atoms with Crippen LogP contribution in [0.15, 0.2) is 24.3 Å². The van der Waals surface area contributed by atoms with Crippen LogP contribution < -0.4 is 0 Å². The lowest BCUT2D eigenvalue weighted by molar-refractivity contribution is -0.162. The van der Waals surface area contributed by atoms with Gasteiger partial charge in [-0.3, -0.25) is 0 Å². The average Bonchev–Trinajstić information content (AvgIpc) is 2.86. The van der Waals surface area contributed by atoms with Crippen LogP contribution in [0.5, 0.6) is 0 Å². The van der Waals surface area contributed by atoms with Gasteiger partial charge in [0, 0.05) is 5.56 Å². The van der Waals surface area contributed by atoms with Gasteiger partial charge in [0.2, 0.25) is 0 Å². The summed E-state index contributed by atoms with van der Waals surface area (Å²) in [6.07, 6.45) is 1.01. The zero-order chi connectivity index (χ0) is 16.3. The molecule has 5 heteroatoms. The summed E-state index contributed by atoms with van der Waals surface area (Å²) in [7, 11) is 0. The van der Waals surface area contributed by atoms with Gasteiger partial charge in [0.25, 0.3) is 0 Å². The van der Waals surface area contributed by atoms with Crippen LogP contribution in [0.2, 0.25) is 0 Å². The van der Waals surface area contributed by atoms with E-state index in [0.29, 0.717) is 0 Å². The molecule has 4 nitrogen and oxygen atoms in total. The lowest BCUT2D eigenvalue weighted by atomic mass is 10.1. The van der Waals surface area contributed by atoms with Gasteiger partial charge in [-0.1, -0.05) is 31.2 Å². The highest BCUT2D eigenvalue weighted by atomic mass is 32.1. The van der Waals surface area contributed by atoms with Crippen molar-refractivity contribution in [1.82, 2.24) is 4.98 Å². The fraction of sp³-hybridized carbons (Fsp3) is 0.412. The molecule has 0 fully saturated rings. The molecule has 1 N–H and O–H groups in total. The largest absolute Gasteiger partial charge is 0.479 e. The van der Waals surface area contributed by atoms with Crippen molar-refractivity contribution in [3.05, 3.63) is 40.4 Å². The summed E-state index contributed by atoms with van der Waals surface area (Å²) in [5.41, 5.74) is 2.07. The molecule has 0 amide bonds. The molecule has 0 saturated heterocycles. The Morgan fingerprint density at radius 3 is 2.50 bits per heavy atom. The highest BCUT2D eigenvalue weighted by Gasteiger charge is 2.28. The SMILES string of the molecule is CCc1ccc(-c2nc(C)c(COC(C)(C)C(=O)O)s2)cc1. The maximum Gasteiger partial charge on any atom is 0.335 e. The van der Waals surface area contributed by atoms with Crippen molar-refractivity contribution < 1.29 is 14.6 Å². The fourth-order valence-corrected chi connectivity index (χ4v) is 2.86. The summed E-state index contributed by atoms with van der Waals surface area (Å²) in [5, 5.41) is 10.0. The van der Waals surface area contributed by atoms with Gasteiger partial charge >= 0.3 is 5.97 Å². The molecule has 0 spiro atoms. The minimum atomic E-state index is -1.20. The van der Waals surface area contributed by atoms with E-state index >= 15 is 0 Å². The number of aromatic nitrogens is 1. The number of rotatable bonds is 6. The Kier molecular flexibility index (Phi) is 4.98. The number of aryl methyl sites for hydroxylation is 2. The highest BCUT2D eigenvalue weighted by molar-refractivity contribution is 7.15. The minimum absolute atomic E-state index is 0.260. The van der Waals surface area contributed by atoms with Gasteiger partial charge in [-0.2, -0.15) is 0 Å². The number of ether oxygens (including phenoxy) is 1. The van der Waals surface area contributed by atoms with Crippen LogP contribution in [-0.2, 0) is 22.6 Å². The number of nitrogens with zero attached hydrogens (tertiary/aromatic N) is 1. The molecule has 0 aliphatic heterocycles. The third-order valence-corrected chi connectivity index (χ3v) is 4.76. The van der Waals surface area contributed by atoms with E-state index in [4.69, 9.17) is 9.84 Å². The minimum Gasteiger partial charge on any atom is -0.479 e. The Balaban J connectivity index is 2.15. The Bertz CT molecular complexity index is 659. The number of aliphatic carboxylic acids is 1. The second-order valence-electron chi connectivity index (χ2n) is 5.68. The Morgan fingerprint density at radius 1 is 1.32 bits per heavy atom. The zero-order valence-corrected chi connectivity index (χ0v) is 14.2. The van der Waals surface area contributed by atoms with Crippen molar-refractivity contribution in [2.24, 2.45) is 0 Å². The molecule has 0 unspecified atom stereocenters. The van der Waals surface area contributed by atoms with Gasteiger partial charge < -0.3 is 9.84 Å². The maximum absolute atomic E-state index is 11.1. The standard InChI is InChI=1S/C17H21NO3S/c1-5-12-6-8-13(9-7-12)15-18-11(2)14(22-15)10-21-17(3,4)16(19)20/h6-9H,5,10H2,1-4H3,(H,19,20). The molecule has 1 aromatic heterocycles. The normalized spacial score (nSPS) is 11.6. The van der Waals surface area contributed by atoms with Gasteiger partial charge in [-0.15, -0.1) is 11.3 Å². The van der Waals surface area contributed by atoms with E-state index in [-0.39, 0.29) is 6.61 Å². The van der Waals surface area contributed by atoms with Crippen molar-refractivity contribution in [1.29, 1.82) is 0 Å². The Morgan fingerprint density at radius 2 is 1.95 bits per heavy atom. The van der Waals surface area contributed by atoms with E-state index in [1.807, 2.05) is 6.92 Å². The first-order chi connectivity index (χ1) is 10.3. The molecular formula is C17H21NO3S. The van der Waals surface area contributed by atoms with Gasteiger partial charge in [0.05, 0.1) is 17.2 Å². The molecule has 0 aliphatic rings. The molecule has 22 heavy (non-hydrogen) atoms. The zero-order valence-electron chi connectivity index (χ0n) is 13.3. The second-order valence-corrected chi connectivity index (χ2v) is 6.77. The summed E-state index contributed by atoms with van der Waals surface area (Å²) in [6.45, 7) is 7.41. The molecule has 118 valence electrons. The molecular weight excluding hydrogens is 298 g/mol. The van der Waals surface area contributed by atoms with Crippen molar-refractivity contribution in [3.8, 4) is 10.6 Å². The number of hydrogen-bond acceptors (Lipinski definition) is 4. The monoisotopic (exact) mass is 319 g/mol. The summed E-state index contributed by atoms with van der Waals surface area (Å²) in [6, 6.07) is 8.36. The van der Waals surface area contributed by atoms with E-state index in [1.54, 1.807) is 25.2 Å². The number of hydrogen-bond donors (Lipinski definition) is 1. The molecule has 2 rings (SSSR count). The first-order valence-electron chi connectivity index (χ1n) is 7.26. The number of benzene rings is 1. The quantitative estimate of drug-likeness (QED) is 0.872. The Hall–Kier alpha value is -1.72. The van der Waals surface area contributed by atoms with E-state index in [9.17, 15) is 4.79 Å². The molecule has 2 aromatic rings. The predicted octanol–water partition coefficient (Wildman–Crippen LogP) is 4.06. The number of carbonyl (C=O) groups is 1. The molecule has 0 bridgehead atoms. The van der Waals surface area contributed by atoms with Crippen LogP contribution in [0, 0.1) is 6.92 Å². The smallest absolute Gasteiger partial charge is 0.335 e. The van der Waals surface area contributed by atoms with Crippen LogP contribution in [0.3, 0.4) is 0 Å². The summed E-state index contributed by atoms with van der Waals surface area (Å²) in [4.78, 5) is 16.6. The molecule has 1 aromatic carbocycles. The van der Waals surface area contributed by atoms with Gasteiger partial charge in [-0.25, -0.2) is 9.78 Å². The molecule has 1 heterocycles. The van der Waals surface area contributed by atoms with Crippen LogP contribution in [-0.4, -0.2) is 21.7 Å². The van der Waals surface area contributed by atoms with E-state index in [2.05, 4.69) is 36.2 Å². The van der Waals surface area contributed by atoms with Crippen LogP contribution in [0.4, 0.5) is 0 Å². The van der Waals surface area contributed by atoms with Crippen LogP contribution in [0.1, 0.15) is 36.9 Å². The molecule has 0 aliphatic carbocycles. The molecule has 0 saturated carbocycles. The van der Waals surface area contributed by atoms with Crippen molar-refractivity contribution in [3.63, 3.8) is 0 Å². The van der Waals surface area contributed by atoms with Gasteiger partial charge in [0.1, 0.15) is 5.01 Å². The third-order valence-electron chi connectivity index (χ3n) is 3.58. The van der Waals surface area contributed by atoms with Gasteiger partial charge in [0.15, 0.2) is 5.60 Å². The van der Waals surface area contributed by atoms with E-state index < -0.39 is 11.6 Å². The topological polar surface area (TPSA) is 59.4 Å². The predicted molar refractivity (Wildman–Crippen MR) is 88.2 cm³/mol. The highest BCUT2D eigenvalue weighted by Crippen LogP contribution is 2.29. The number of carboxylic acids is 1.